The summed E-state index contributed by atoms with van der Waals surface area (Å²) in [7, 11) is -3.08. The normalized spacial score (nSPS) is 18.1. The zero-order valence-electron chi connectivity index (χ0n) is 18.0. The number of methoxy groups -OCH3 is 1. The lowest BCUT2D eigenvalue weighted by Gasteiger charge is -2.32. The van der Waals surface area contributed by atoms with Gasteiger partial charge < -0.3 is 14.0 Å². The first-order valence-corrected chi connectivity index (χ1v) is 11.1. The molecule has 1 aromatic carbocycles. The summed E-state index contributed by atoms with van der Waals surface area (Å²) in [5.41, 5.74) is 0.931. The molecule has 0 atom stereocenters. The number of nitrogens with zero attached hydrogens (tertiary/aromatic N) is 2. The fourth-order valence-electron chi connectivity index (χ4n) is 3.39. The van der Waals surface area contributed by atoms with E-state index in [1.807, 2.05) is 34.6 Å². The molecule has 0 unspecified atom stereocenters. The highest BCUT2D eigenvalue weighted by molar-refractivity contribution is 7.90. The van der Waals surface area contributed by atoms with Gasteiger partial charge >= 0.3 is 7.12 Å². The molecule has 3 aromatic rings. The van der Waals surface area contributed by atoms with Gasteiger partial charge in [-0.1, -0.05) is 17.7 Å². The Morgan fingerprint density at radius 2 is 1.67 bits per heavy atom. The zero-order chi connectivity index (χ0) is 21.9. The number of hydrogen-bond donors (Lipinski definition) is 0. The van der Waals surface area contributed by atoms with Crippen LogP contribution in [-0.2, 0) is 19.3 Å². The zero-order valence-corrected chi connectivity index (χ0v) is 18.8. The highest BCUT2D eigenvalue weighted by Gasteiger charge is 2.52. The summed E-state index contributed by atoms with van der Waals surface area (Å²) in [6, 6.07) is 8.36. The van der Waals surface area contributed by atoms with Gasteiger partial charge in [0.2, 0.25) is 5.88 Å². The number of rotatable bonds is 4. The second-order valence-electron chi connectivity index (χ2n) is 8.53. The van der Waals surface area contributed by atoms with Crippen LogP contribution in [0.25, 0.3) is 10.9 Å². The van der Waals surface area contributed by atoms with Crippen LogP contribution < -0.4 is 10.2 Å². The number of pyridine rings is 1. The van der Waals surface area contributed by atoms with Gasteiger partial charge in [0, 0.05) is 29.3 Å². The van der Waals surface area contributed by atoms with Crippen molar-refractivity contribution in [3.8, 4) is 5.88 Å². The quantitative estimate of drug-likeness (QED) is 0.595. The van der Waals surface area contributed by atoms with Crippen LogP contribution in [0.15, 0.2) is 47.6 Å². The summed E-state index contributed by atoms with van der Waals surface area (Å²) in [5, 5.41) is 0.630. The Morgan fingerprint density at radius 3 is 2.23 bits per heavy atom. The van der Waals surface area contributed by atoms with Crippen molar-refractivity contribution in [1.82, 2.24) is 8.96 Å². The van der Waals surface area contributed by atoms with E-state index in [0.717, 1.165) is 5.56 Å². The van der Waals surface area contributed by atoms with Crippen molar-refractivity contribution in [1.29, 1.82) is 0 Å². The minimum absolute atomic E-state index is 0.196. The Balaban J connectivity index is 1.92. The maximum absolute atomic E-state index is 13.5. The van der Waals surface area contributed by atoms with Gasteiger partial charge in [0.1, 0.15) is 0 Å². The molecule has 7 nitrogen and oxygen atoms in total. The molecule has 3 heterocycles. The third-order valence-corrected chi connectivity index (χ3v) is 7.64. The van der Waals surface area contributed by atoms with Crippen LogP contribution in [0.3, 0.4) is 0 Å². The van der Waals surface area contributed by atoms with Crippen LogP contribution in [-0.4, -0.2) is 42.8 Å². The molecule has 1 fully saturated rings. The Kier molecular flexibility index (Phi) is 4.76. The Hall–Kier alpha value is -2.36. The fraction of sp³-hybridized carbons (Fsp3) is 0.381. The molecule has 0 aliphatic carbocycles. The van der Waals surface area contributed by atoms with Gasteiger partial charge in [-0.05, 0) is 46.8 Å². The first kappa shape index (κ1) is 20.9. The molecule has 0 spiro atoms. The highest BCUT2D eigenvalue weighted by Crippen LogP contribution is 2.37. The molecule has 0 radical (unpaired) electrons. The summed E-state index contributed by atoms with van der Waals surface area (Å²) in [6.45, 7) is 9.73. The molecule has 30 heavy (non-hydrogen) atoms. The molecule has 9 heteroatoms. The smallest absolute Gasteiger partial charge is 0.481 e. The van der Waals surface area contributed by atoms with E-state index >= 15 is 0 Å². The summed E-state index contributed by atoms with van der Waals surface area (Å²) < 4.78 is 45.7. The predicted molar refractivity (Wildman–Crippen MR) is 116 cm³/mol. The lowest BCUT2D eigenvalue weighted by atomic mass is 9.79. The average molecular weight is 428 g/mol. The Morgan fingerprint density at radius 1 is 1.07 bits per heavy atom. The first-order valence-electron chi connectivity index (χ1n) is 9.69. The predicted octanol–water partition coefficient (Wildman–Crippen LogP) is 2.89. The van der Waals surface area contributed by atoms with E-state index in [2.05, 4.69) is 4.98 Å². The largest absolute Gasteiger partial charge is 0.497 e. The van der Waals surface area contributed by atoms with Crippen molar-refractivity contribution in [3.63, 3.8) is 0 Å². The average Bonchev–Trinajstić information content (AvgIpc) is 3.16. The number of fused-ring (bicyclic) bond motifs is 1. The van der Waals surface area contributed by atoms with Crippen LogP contribution >= 0.6 is 0 Å². The van der Waals surface area contributed by atoms with Crippen molar-refractivity contribution in [2.45, 2.75) is 50.7 Å². The maximum atomic E-state index is 13.5. The molecule has 0 N–H and O–H groups in total. The monoisotopic (exact) mass is 428 g/mol. The van der Waals surface area contributed by atoms with Crippen LogP contribution in [0, 0.1) is 6.92 Å². The Bertz CT molecular complexity index is 1200. The standard InChI is InChI=1S/C21H25BN2O5S/c1-14-7-9-15(10-8-14)30(25,26)24-13-17(16-12-23-19(27-6)11-18(16)24)22-28-20(2,3)21(4,5)29-22/h7-13H,1-6H3. The van der Waals surface area contributed by atoms with Gasteiger partial charge in [-0.2, -0.15) is 0 Å². The topological polar surface area (TPSA) is 79.7 Å². The molecule has 1 saturated heterocycles. The second-order valence-corrected chi connectivity index (χ2v) is 10.3. The molecule has 1 aliphatic heterocycles. The van der Waals surface area contributed by atoms with E-state index in [1.165, 1.54) is 11.1 Å². The minimum atomic E-state index is -3.85. The highest BCUT2D eigenvalue weighted by atomic mass is 32.2. The van der Waals surface area contributed by atoms with Crippen molar-refractivity contribution >= 4 is 33.5 Å². The van der Waals surface area contributed by atoms with Gasteiger partial charge in [-0.25, -0.2) is 17.4 Å². The van der Waals surface area contributed by atoms with E-state index in [4.69, 9.17) is 14.0 Å². The molecule has 1 aliphatic rings. The molecule has 0 amide bonds. The third kappa shape index (κ3) is 3.21. The summed E-state index contributed by atoms with van der Waals surface area (Å²) >= 11 is 0. The van der Waals surface area contributed by atoms with E-state index < -0.39 is 28.3 Å². The van der Waals surface area contributed by atoms with Gasteiger partial charge in [-0.3, -0.25) is 0 Å². The molecule has 4 rings (SSSR count). The van der Waals surface area contributed by atoms with E-state index in [0.29, 0.717) is 22.2 Å². The molecular weight excluding hydrogens is 403 g/mol. The van der Waals surface area contributed by atoms with Crippen LogP contribution in [0.5, 0.6) is 5.88 Å². The molecule has 0 bridgehead atoms. The van der Waals surface area contributed by atoms with Crippen LogP contribution in [0.1, 0.15) is 33.3 Å². The first-order chi connectivity index (χ1) is 14.0. The minimum Gasteiger partial charge on any atom is -0.481 e. The van der Waals surface area contributed by atoms with Crippen LogP contribution in [0.2, 0.25) is 0 Å². The number of hydrogen-bond acceptors (Lipinski definition) is 6. The van der Waals surface area contributed by atoms with Crippen molar-refractivity contribution in [2.24, 2.45) is 0 Å². The van der Waals surface area contributed by atoms with Crippen molar-refractivity contribution in [2.75, 3.05) is 7.11 Å². The van der Waals surface area contributed by atoms with Gasteiger partial charge in [0.25, 0.3) is 10.0 Å². The lowest BCUT2D eigenvalue weighted by molar-refractivity contribution is 0.00578. The van der Waals surface area contributed by atoms with Crippen molar-refractivity contribution < 1.29 is 22.5 Å². The Labute approximate surface area is 177 Å². The van der Waals surface area contributed by atoms with Gasteiger partial charge in [0.05, 0.1) is 28.7 Å². The molecule has 158 valence electrons. The summed E-state index contributed by atoms with van der Waals surface area (Å²) in [4.78, 5) is 4.46. The van der Waals surface area contributed by atoms with Crippen LogP contribution in [0.4, 0.5) is 0 Å². The van der Waals surface area contributed by atoms with Gasteiger partial charge in [0.15, 0.2) is 0 Å². The number of benzene rings is 1. The maximum Gasteiger partial charge on any atom is 0.497 e. The molecule has 0 saturated carbocycles. The molecule has 2 aromatic heterocycles. The fourth-order valence-corrected chi connectivity index (χ4v) is 4.76. The number of aryl methyl sites for hydroxylation is 1. The van der Waals surface area contributed by atoms with Gasteiger partial charge in [-0.15, -0.1) is 0 Å². The van der Waals surface area contributed by atoms with E-state index in [-0.39, 0.29) is 4.90 Å². The third-order valence-electron chi connectivity index (χ3n) is 5.96. The second kappa shape index (κ2) is 6.83. The van der Waals surface area contributed by atoms with E-state index in [1.54, 1.807) is 42.7 Å². The van der Waals surface area contributed by atoms with Crippen molar-refractivity contribution in [3.05, 3.63) is 48.3 Å². The SMILES string of the molecule is COc1cc2c(cn1)c(B1OC(C)(C)C(C)(C)O1)cn2S(=O)(=O)c1ccc(C)cc1. The number of aromatic nitrogens is 2. The summed E-state index contributed by atoms with van der Waals surface area (Å²) in [6.07, 6.45) is 3.15. The summed E-state index contributed by atoms with van der Waals surface area (Å²) in [5.74, 6) is 0.321. The molecular formula is C21H25BN2O5S. The van der Waals surface area contributed by atoms with E-state index in [9.17, 15) is 8.42 Å². The lowest BCUT2D eigenvalue weighted by Crippen LogP contribution is -2.41. The number of ether oxygens (including phenoxy) is 1.